The molecule has 0 atom stereocenters. The third kappa shape index (κ3) is 3.50. The molecule has 2 nitrogen and oxygen atoms in total. The zero-order valence-corrected chi connectivity index (χ0v) is 12.5. The van der Waals surface area contributed by atoms with E-state index in [4.69, 9.17) is 4.74 Å². The normalized spacial score (nSPS) is 10.6. The summed E-state index contributed by atoms with van der Waals surface area (Å²) in [7, 11) is 0. The van der Waals surface area contributed by atoms with Crippen molar-refractivity contribution in [2.75, 3.05) is 12.4 Å². The molecule has 4 heteroatoms. The Hall–Kier alpha value is -1.00. The van der Waals surface area contributed by atoms with Gasteiger partial charge in [-0.2, -0.15) is 0 Å². The van der Waals surface area contributed by atoms with Crippen molar-refractivity contribution >= 4 is 23.1 Å². The number of hydrogen-bond acceptors (Lipinski definition) is 4. The third-order valence-corrected chi connectivity index (χ3v) is 4.67. The number of aryl methyl sites for hydroxylation is 3. The van der Waals surface area contributed by atoms with Crippen molar-refractivity contribution in [2.45, 2.75) is 25.1 Å². The molecule has 2 rings (SSSR count). The Labute approximate surface area is 116 Å². The van der Waals surface area contributed by atoms with Gasteiger partial charge in [0.05, 0.1) is 6.61 Å². The minimum absolute atomic E-state index is 0.717. The lowest BCUT2D eigenvalue weighted by molar-refractivity contribution is 0.339. The van der Waals surface area contributed by atoms with Crippen LogP contribution in [0.2, 0.25) is 0 Å². The Bertz CT molecular complexity index is 502. The van der Waals surface area contributed by atoms with E-state index in [-0.39, 0.29) is 0 Å². The molecular formula is C14H17NOS2. The molecular weight excluding hydrogens is 262 g/mol. The molecule has 0 fully saturated rings. The molecule has 0 aliphatic carbocycles. The molecule has 0 spiro atoms. The Morgan fingerprint density at radius 2 is 1.94 bits per heavy atom. The first kappa shape index (κ1) is 13.4. The van der Waals surface area contributed by atoms with Gasteiger partial charge in [-0.05, 0) is 31.9 Å². The Morgan fingerprint density at radius 1 is 1.22 bits per heavy atom. The van der Waals surface area contributed by atoms with Crippen molar-refractivity contribution in [1.82, 2.24) is 4.98 Å². The highest BCUT2D eigenvalue weighted by molar-refractivity contribution is 8.01. The number of para-hydroxylation sites is 1. The highest BCUT2D eigenvalue weighted by Gasteiger charge is 2.04. The van der Waals surface area contributed by atoms with Gasteiger partial charge in [0.1, 0.15) is 10.1 Å². The molecule has 0 bridgehead atoms. The highest BCUT2D eigenvalue weighted by atomic mass is 32.2. The molecule has 0 saturated heterocycles. The smallest absolute Gasteiger partial charge is 0.150 e. The number of hydrogen-bond donors (Lipinski definition) is 0. The van der Waals surface area contributed by atoms with Crippen LogP contribution >= 0.6 is 23.1 Å². The zero-order chi connectivity index (χ0) is 13.0. The van der Waals surface area contributed by atoms with Crippen molar-refractivity contribution in [3.05, 3.63) is 40.4 Å². The van der Waals surface area contributed by atoms with Gasteiger partial charge in [-0.1, -0.05) is 30.0 Å². The van der Waals surface area contributed by atoms with Gasteiger partial charge in [-0.15, -0.1) is 11.3 Å². The van der Waals surface area contributed by atoms with Crippen LogP contribution in [0.1, 0.15) is 16.8 Å². The molecule has 0 unspecified atom stereocenters. The van der Waals surface area contributed by atoms with Crippen LogP contribution < -0.4 is 4.74 Å². The Kier molecular flexibility index (Phi) is 4.66. The van der Waals surface area contributed by atoms with Crippen LogP contribution in [0.25, 0.3) is 0 Å². The van der Waals surface area contributed by atoms with Gasteiger partial charge in [-0.3, -0.25) is 0 Å². The fourth-order valence-corrected chi connectivity index (χ4v) is 3.44. The SMILES string of the molecule is Cc1csc(SCCOc2c(C)cccc2C)n1. The van der Waals surface area contributed by atoms with Crippen molar-refractivity contribution < 1.29 is 4.74 Å². The molecule has 0 aliphatic heterocycles. The van der Waals surface area contributed by atoms with E-state index >= 15 is 0 Å². The van der Waals surface area contributed by atoms with Crippen LogP contribution in [0.3, 0.4) is 0 Å². The van der Waals surface area contributed by atoms with Crippen molar-refractivity contribution in [1.29, 1.82) is 0 Å². The molecule has 0 radical (unpaired) electrons. The topological polar surface area (TPSA) is 22.1 Å². The second kappa shape index (κ2) is 6.25. The van der Waals surface area contributed by atoms with Crippen molar-refractivity contribution in [3.8, 4) is 5.75 Å². The average molecular weight is 279 g/mol. The van der Waals surface area contributed by atoms with E-state index < -0.39 is 0 Å². The highest BCUT2D eigenvalue weighted by Crippen LogP contribution is 2.24. The quantitative estimate of drug-likeness (QED) is 0.604. The van der Waals surface area contributed by atoms with E-state index in [2.05, 4.69) is 42.4 Å². The fourth-order valence-electron chi connectivity index (χ4n) is 1.70. The summed E-state index contributed by atoms with van der Waals surface area (Å²) in [5.41, 5.74) is 3.49. The van der Waals surface area contributed by atoms with Gasteiger partial charge < -0.3 is 4.74 Å². The Morgan fingerprint density at radius 3 is 2.56 bits per heavy atom. The van der Waals surface area contributed by atoms with Crippen LogP contribution in [0, 0.1) is 20.8 Å². The number of benzene rings is 1. The predicted octanol–water partition coefficient (Wildman–Crippen LogP) is 4.24. The first-order valence-electron chi connectivity index (χ1n) is 5.91. The third-order valence-electron chi connectivity index (χ3n) is 2.56. The van der Waals surface area contributed by atoms with Crippen LogP contribution in [0.4, 0.5) is 0 Å². The lowest BCUT2D eigenvalue weighted by atomic mass is 10.1. The molecule has 18 heavy (non-hydrogen) atoms. The first-order valence-corrected chi connectivity index (χ1v) is 7.77. The van der Waals surface area contributed by atoms with Crippen molar-refractivity contribution in [3.63, 3.8) is 0 Å². The maximum absolute atomic E-state index is 5.85. The largest absolute Gasteiger partial charge is 0.492 e. The van der Waals surface area contributed by atoms with E-state index in [1.165, 1.54) is 11.1 Å². The molecule has 0 saturated carbocycles. The van der Waals surface area contributed by atoms with E-state index in [9.17, 15) is 0 Å². The van der Waals surface area contributed by atoms with Gasteiger partial charge in [0.15, 0.2) is 0 Å². The predicted molar refractivity (Wildman–Crippen MR) is 79.0 cm³/mol. The lowest BCUT2D eigenvalue weighted by Crippen LogP contribution is -2.02. The minimum atomic E-state index is 0.717. The summed E-state index contributed by atoms with van der Waals surface area (Å²) < 4.78 is 6.97. The van der Waals surface area contributed by atoms with Gasteiger partial charge in [-0.25, -0.2) is 4.98 Å². The monoisotopic (exact) mass is 279 g/mol. The van der Waals surface area contributed by atoms with Crippen LogP contribution in [-0.2, 0) is 0 Å². The van der Waals surface area contributed by atoms with Gasteiger partial charge in [0.25, 0.3) is 0 Å². The molecule has 0 N–H and O–H groups in total. The molecule has 1 heterocycles. The van der Waals surface area contributed by atoms with E-state index in [0.717, 1.165) is 28.1 Å². The van der Waals surface area contributed by atoms with Crippen molar-refractivity contribution in [2.24, 2.45) is 0 Å². The fraction of sp³-hybridized carbons (Fsp3) is 0.357. The number of ether oxygens (including phenoxy) is 1. The van der Waals surface area contributed by atoms with Crippen LogP contribution in [-0.4, -0.2) is 17.3 Å². The van der Waals surface area contributed by atoms with E-state index in [1.807, 2.05) is 6.92 Å². The van der Waals surface area contributed by atoms with Crippen LogP contribution in [0.15, 0.2) is 27.9 Å². The second-order valence-corrected chi connectivity index (χ2v) is 6.37. The van der Waals surface area contributed by atoms with E-state index in [0.29, 0.717) is 0 Å². The summed E-state index contributed by atoms with van der Waals surface area (Å²) in [6, 6.07) is 6.23. The molecule has 2 aromatic rings. The summed E-state index contributed by atoms with van der Waals surface area (Å²) in [6.45, 7) is 6.90. The average Bonchev–Trinajstić information content (AvgIpc) is 2.73. The minimum Gasteiger partial charge on any atom is -0.492 e. The summed E-state index contributed by atoms with van der Waals surface area (Å²) in [5.74, 6) is 1.95. The van der Waals surface area contributed by atoms with E-state index in [1.54, 1.807) is 23.1 Å². The summed E-state index contributed by atoms with van der Waals surface area (Å²) >= 11 is 3.45. The second-order valence-electron chi connectivity index (χ2n) is 4.17. The number of thioether (sulfide) groups is 1. The molecule has 0 amide bonds. The number of nitrogens with zero attached hydrogens (tertiary/aromatic N) is 1. The maximum atomic E-state index is 5.85. The first-order chi connectivity index (χ1) is 8.66. The molecule has 1 aromatic carbocycles. The standard InChI is InChI=1S/C14H17NOS2/c1-10-5-4-6-11(2)13(10)16-7-8-17-14-15-12(3)9-18-14/h4-6,9H,7-8H2,1-3H3. The summed E-state index contributed by atoms with van der Waals surface area (Å²) in [5, 5.41) is 2.08. The Balaban J connectivity index is 1.82. The molecule has 0 aliphatic rings. The van der Waals surface area contributed by atoms with Crippen LogP contribution in [0.5, 0.6) is 5.75 Å². The summed E-state index contributed by atoms with van der Waals surface area (Å²) in [6.07, 6.45) is 0. The number of aromatic nitrogens is 1. The maximum Gasteiger partial charge on any atom is 0.150 e. The van der Waals surface area contributed by atoms with Gasteiger partial charge in [0, 0.05) is 16.8 Å². The summed E-state index contributed by atoms with van der Waals surface area (Å²) in [4.78, 5) is 4.42. The van der Waals surface area contributed by atoms with Gasteiger partial charge in [0.2, 0.25) is 0 Å². The lowest BCUT2D eigenvalue weighted by Gasteiger charge is -2.11. The molecule has 96 valence electrons. The van der Waals surface area contributed by atoms with Gasteiger partial charge >= 0.3 is 0 Å². The number of thiazole rings is 1. The zero-order valence-electron chi connectivity index (χ0n) is 10.9. The number of rotatable bonds is 5. The molecule has 1 aromatic heterocycles.